The number of nitrogens with zero attached hydrogens (tertiary/aromatic N) is 2. The van der Waals surface area contributed by atoms with Crippen LogP contribution in [0.3, 0.4) is 0 Å². The van der Waals surface area contributed by atoms with Gasteiger partial charge >= 0.3 is 0 Å². The van der Waals surface area contributed by atoms with Crippen LogP contribution in [0, 0.1) is 0 Å². The van der Waals surface area contributed by atoms with E-state index in [-0.39, 0.29) is 0 Å². The molecule has 0 saturated carbocycles. The quantitative estimate of drug-likeness (QED) is 0.221. The van der Waals surface area contributed by atoms with Crippen molar-refractivity contribution in [2.75, 3.05) is 8.61 Å². The van der Waals surface area contributed by atoms with Crippen molar-refractivity contribution in [1.82, 2.24) is 0 Å². The lowest BCUT2D eigenvalue weighted by Gasteiger charge is -2.20. The predicted molar refractivity (Wildman–Crippen MR) is 122 cm³/mol. The minimum Gasteiger partial charge on any atom is -0.277 e. The molecule has 0 fully saturated rings. The van der Waals surface area contributed by atoms with Gasteiger partial charge in [-0.3, -0.25) is 9.59 Å². The average molecular weight is 417 g/mol. The molecule has 0 saturated heterocycles. The van der Waals surface area contributed by atoms with Gasteiger partial charge < -0.3 is 0 Å². The molecule has 6 heteroatoms. The summed E-state index contributed by atoms with van der Waals surface area (Å²) in [5.74, 6) is 0. The molecular weight excluding hydrogens is 388 g/mol. The van der Waals surface area contributed by atoms with Gasteiger partial charge in [0, 0.05) is 0 Å². The average Bonchev–Trinajstić information content (AvgIpc) is 2.75. The first-order valence-corrected chi connectivity index (χ1v) is 11.8. The fraction of sp³-hybridized carbons (Fsp3) is 0.364. The molecule has 2 rings (SSSR count). The third-order valence-electron chi connectivity index (χ3n) is 4.41. The Kier molecular flexibility index (Phi) is 10.0. The van der Waals surface area contributed by atoms with Crippen LogP contribution in [0.25, 0.3) is 0 Å². The molecule has 0 atom stereocenters. The predicted octanol–water partition coefficient (Wildman–Crippen LogP) is 6.21. The molecule has 4 nitrogen and oxygen atoms in total. The van der Waals surface area contributed by atoms with E-state index in [1.165, 1.54) is 41.7 Å². The number of unbranched alkanes of at least 4 members (excludes halogenated alkanes) is 2. The van der Waals surface area contributed by atoms with Gasteiger partial charge in [-0.05, 0) is 61.1 Å². The molecule has 0 radical (unpaired) electrons. The molecule has 0 aliphatic carbocycles. The summed E-state index contributed by atoms with van der Waals surface area (Å²) in [4.78, 5) is 23.1. The van der Waals surface area contributed by atoms with E-state index in [4.69, 9.17) is 0 Å². The van der Waals surface area contributed by atoms with E-state index in [1.54, 1.807) is 0 Å². The Labute approximate surface area is 176 Å². The summed E-state index contributed by atoms with van der Waals surface area (Å²) in [5, 5.41) is 0. The molecule has 2 aromatic rings. The van der Waals surface area contributed by atoms with Crippen molar-refractivity contribution >= 4 is 46.2 Å². The molecule has 0 aromatic heterocycles. The second-order valence-electron chi connectivity index (χ2n) is 6.55. The number of hydrogen-bond donors (Lipinski definition) is 0. The van der Waals surface area contributed by atoms with Crippen molar-refractivity contribution in [3.63, 3.8) is 0 Å². The van der Waals surface area contributed by atoms with Gasteiger partial charge in [0.2, 0.25) is 12.8 Å². The molecule has 0 heterocycles. The monoisotopic (exact) mass is 416 g/mol. The zero-order chi connectivity index (χ0) is 20.2. The van der Waals surface area contributed by atoms with E-state index in [0.29, 0.717) is 0 Å². The Bertz CT molecular complexity index is 657. The standard InChI is InChI=1S/C22H28N2O2S2/c1-3-5-7-19-9-13-21(14-10-19)23(17-25)27-28-24(18-26)22-15-11-20(12-16-22)8-6-4-2/h9-18H,3-8H2,1-2H3. The molecule has 0 unspecified atom stereocenters. The van der Waals surface area contributed by atoms with Crippen molar-refractivity contribution in [1.29, 1.82) is 0 Å². The summed E-state index contributed by atoms with van der Waals surface area (Å²) in [6.45, 7) is 4.35. The zero-order valence-corrected chi connectivity index (χ0v) is 18.2. The van der Waals surface area contributed by atoms with E-state index in [2.05, 4.69) is 38.1 Å². The first-order valence-electron chi connectivity index (χ1n) is 9.73. The highest BCUT2D eigenvalue weighted by Gasteiger charge is 2.12. The van der Waals surface area contributed by atoms with Gasteiger partial charge in [-0.25, -0.2) is 8.61 Å². The smallest absolute Gasteiger partial charge is 0.224 e. The topological polar surface area (TPSA) is 40.6 Å². The van der Waals surface area contributed by atoms with Crippen molar-refractivity contribution in [2.24, 2.45) is 0 Å². The molecule has 2 amide bonds. The maximum atomic E-state index is 11.5. The highest BCUT2D eigenvalue weighted by molar-refractivity contribution is 8.78. The molecular formula is C22H28N2O2S2. The van der Waals surface area contributed by atoms with Gasteiger partial charge in [0.25, 0.3) is 0 Å². The summed E-state index contributed by atoms with van der Waals surface area (Å²) < 4.78 is 3.06. The van der Waals surface area contributed by atoms with Crippen LogP contribution in [-0.2, 0) is 22.4 Å². The minimum absolute atomic E-state index is 0.773. The van der Waals surface area contributed by atoms with Gasteiger partial charge in [-0.1, -0.05) is 51.0 Å². The van der Waals surface area contributed by atoms with Crippen LogP contribution in [0.15, 0.2) is 48.5 Å². The lowest BCUT2D eigenvalue weighted by Crippen LogP contribution is -2.15. The summed E-state index contributed by atoms with van der Waals surface area (Å²) in [7, 11) is 2.44. The third kappa shape index (κ3) is 6.91. The van der Waals surface area contributed by atoms with Crippen LogP contribution in [0.1, 0.15) is 50.7 Å². The zero-order valence-electron chi connectivity index (χ0n) is 16.5. The second kappa shape index (κ2) is 12.5. The summed E-state index contributed by atoms with van der Waals surface area (Å²) >= 11 is 0. The van der Waals surface area contributed by atoms with E-state index < -0.39 is 0 Å². The summed E-state index contributed by atoms with van der Waals surface area (Å²) in [5.41, 5.74) is 4.14. The fourth-order valence-corrected chi connectivity index (χ4v) is 4.48. The molecule has 0 aliphatic heterocycles. The first-order chi connectivity index (χ1) is 13.7. The number of amides is 2. The second-order valence-corrected chi connectivity index (χ2v) is 8.53. The Morgan fingerprint density at radius 1 is 0.679 bits per heavy atom. The van der Waals surface area contributed by atoms with Gasteiger partial charge in [-0.15, -0.1) is 0 Å². The van der Waals surface area contributed by atoms with Crippen molar-refractivity contribution in [3.05, 3.63) is 59.7 Å². The Balaban J connectivity index is 1.96. The molecule has 28 heavy (non-hydrogen) atoms. The Hall–Kier alpha value is -1.92. The molecule has 0 aliphatic rings. The largest absolute Gasteiger partial charge is 0.277 e. The fourth-order valence-electron chi connectivity index (χ4n) is 2.70. The van der Waals surface area contributed by atoms with Gasteiger partial charge in [0.05, 0.1) is 33.3 Å². The van der Waals surface area contributed by atoms with E-state index in [1.807, 2.05) is 24.3 Å². The molecule has 0 spiro atoms. The van der Waals surface area contributed by atoms with Crippen LogP contribution in [0.5, 0.6) is 0 Å². The van der Waals surface area contributed by atoms with Crippen LogP contribution >= 0.6 is 22.0 Å². The van der Waals surface area contributed by atoms with Gasteiger partial charge in [0.15, 0.2) is 0 Å². The van der Waals surface area contributed by atoms with E-state index >= 15 is 0 Å². The number of aryl methyl sites for hydroxylation is 2. The molecule has 2 aromatic carbocycles. The third-order valence-corrected chi connectivity index (χ3v) is 6.55. The van der Waals surface area contributed by atoms with E-state index in [0.717, 1.165) is 62.7 Å². The summed E-state index contributed by atoms with van der Waals surface area (Å²) in [6.07, 6.45) is 8.29. The maximum Gasteiger partial charge on any atom is 0.224 e. The maximum absolute atomic E-state index is 11.5. The van der Waals surface area contributed by atoms with Crippen LogP contribution in [0.4, 0.5) is 11.4 Å². The number of carbonyl (C=O) groups is 2. The highest BCUT2D eigenvalue weighted by Crippen LogP contribution is 2.35. The normalized spacial score (nSPS) is 10.5. The van der Waals surface area contributed by atoms with Gasteiger partial charge in [0.1, 0.15) is 0 Å². The molecule has 0 bridgehead atoms. The van der Waals surface area contributed by atoms with Crippen LogP contribution in [-0.4, -0.2) is 12.8 Å². The van der Waals surface area contributed by atoms with Crippen molar-refractivity contribution in [3.8, 4) is 0 Å². The lowest BCUT2D eigenvalue weighted by atomic mass is 10.1. The number of rotatable bonds is 13. The van der Waals surface area contributed by atoms with Crippen LogP contribution in [0.2, 0.25) is 0 Å². The number of hydrogen-bond acceptors (Lipinski definition) is 4. The summed E-state index contributed by atoms with van der Waals surface area (Å²) in [6, 6.07) is 16.0. The highest BCUT2D eigenvalue weighted by atomic mass is 33.1. The SMILES string of the molecule is CCCCc1ccc(N(C=O)SSN(C=O)c2ccc(CCCC)cc2)cc1. The Morgan fingerprint density at radius 3 is 1.32 bits per heavy atom. The minimum atomic E-state index is 0.773. The first kappa shape index (κ1) is 22.4. The molecule has 150 valence electrons. The van der Waals surface area contributed by atoms with Gasteiger partial charge in [-0.2, -0.15) is 0 Å². The Morgan fingerprint density at radius 2 is 1.04 bits per heavy atom. The van der Waals surface area contributed by atoms with Crippen molar-refractivity contribution in [2.45, 2.75) is 52.4 Å². The molecule has 0 N–H and O–H groups in total. The van der Waals surface area contributed by atoms with E-state index in [9.17, 15) is 9.59 Å². The van der Waals surface area contributed by atoms with Crippen molar-refractivity contribution < 1.29 is 9.59 Å². The number of carbonyl (C=O) groups excluding carboxylic acids is 2. The van der Waals surface area contributed by atoms with Crippen LogP contribution < -0.4 is 8.61 Å². The lowest BCUT2D eigenvalue weighted by molar-refractivity contribution is -0.107. The number of benzene rings is 2. The number of anilines is 2.